The summed E-state index contributed by atoms with van der Waals surface area (Å²) in [4.78, 5) is 13.4. The highest BCUT2D eigenvalue weighted by Crippen LogP contribution is 2.43. The summed E-state index contributed by atoms with van der Waals surface area (Å²) in [5.74, 6) is 0. The van der Waals surface area contributed by atoms with Crippen molar-refractivity contribution in [2.75, 3.05) is 13.7 Å². The molecule has 0 bridgehead atoms. The van der Waals surface area contributed by atoms with E-state index in [1.54, 1.807) is 0 Å². The van der Waals surface area contributed by atoms with Crippen molar-refractivity contribution in [1.29, 1.82) is 0 Å². The van der Waals surface area contributed by atoms with Crippen LogP contribution in [0.25, 0.3) is 0 Å². The second kappa shape index (κ2) is 4.64. The van der Waals surface area contributed by atoms with Crippen LogP contribution in [-0.4, -0.2) is 30.2 Å². The molecule has 1 saturated heterocycles. The Bertz CT molecular complexity index is 237. The lowest BCUT2D eigenvalue weighted by molar-refractivity contribution is 0.0356. The zero-order chi connectivity index (χ0) is 11.0. The zero-order valence-electron chi connectivity index (χ0n) is 10.4. The number of amides is 1. The van der Waals surface area contributed by atoms with E-state index in [1.165, 1.54) is 7.11 Å². The van der Waals surface area contributed by atoms with Gasteiger partial charge < -0.3 is 9.64 Å². The van der Waals surface area contributed by atoms with Crippen molar-refractivity contribution in [1.82, 2.24) is 4.90 Å². The van der Waals surface area contributed by atoms with Crippen molar-refractivity contribution in [3.63, 3.8) is 0 Å². The standard InChI is InChI=1S/C11H21NO2.H2S/c1-10(2,3)11(4)7-6-8-12(11)9(13)14-5;/h6-8H2,1-5H3;1H2/t11-;/m0./s1. The molecule has 15 heavy (non-hydrogen) atoms. The first-order chi connectivity index (χ1) is 6.33. The van der Waals surface area contributed by atoms with Gasteiger partial charge in [0.1, 0.15) is 0 Å². The molecule has 0 unspecified atom stereocenters. The Morgan fingerprint density at radius 1 is 1.40 bits per heavy atom. The van der Waals surface area contributed by atoms with Crippen LogP contribution in [0.2, 0.25) is 0 Å². The first kappa shape index (κ1) is 14.6. The molecule has 1 heterocycles. The van der Waals surface area contributed by atoms with Gasteiger partial charge in [0.15, 0.2) is 0 Å². The third-order valence-electron chi connectivity index (χ3n) is 3.65. The molecule has 0 radical (unpaired) electrons. The summed E-state index contributed by atoms with van der Waals surface area (Å²) in [5, 5.41) is 0. The number of hydrogen-bond donors (Lipinski definition) is 0. The zero-order valence-corrected chi connectivity index (χ0v) is 11.4. The van der Waals surface area contributed by atoms with Crippen molar-refractivity contribution >= 4 is 19.6 Å². The van der Waals surface area contributed by atoms with Gasteiger partial charge in [-0.25, -0.2) is 4.79 Å². The minimum absolute atomic E-state index is 0. The Morgan fingerprint density at radius 3 is 2.33 bits per heavy atom. The molecule has 0 spiro atoms. The van der Waals surface area contributed by atoms with E-state index in [0.717, 1.165) is 19.4 Å². The molecule has 3 nitrogen and oxygen atoms in total. The smallest absolute Gasteiger partial charge is 0.409 e. The maximum absolute atomic E-state index is 11.6. The summed E-state index contributed by atoms with van der Waals surface area (Å²) in [6, 6.07) is 0. The van der Waals surface area contributed by atoms with Gasteiger partial charge in [0.2, 0.25) is 0 Å². The number of nitrogens with zero attached hydrogens (tertiary/aromatic N) is 1. The van der Waals surface area contributed by atoms with Gasteiger partial charge in [0, 0.05) is 12.1 Å². The van der Waals surface area contributed by atoms with Gasteiger partial charge in [-0.2, -0.15) is 13.5 Å². The molecule has 90 valence electrons. The van der Waals surface area contributed by atoms with Crippen molar-refractivity contribution < 1.29 is 9.53 Å². The number of ether oxygens (including phenoxy) is 1. The third-order valence-corrected chi connectivity index (χ3v) is 3.65. The molecule has 4 heteroatoms. The van der Waals surface area contributed by atoms with Crippen LogP contribution in [0.4, 0.5) is 4.79 Å². The number of carbonyl (C=O) groups excluding carboxylic acids is 1. The number of likely N-dealkylation sites (tertiary alicyclic amines) is 1. The van der Waals surface area contributed by atoms with Crippen molar-refractivity contribution in [2.45, 2.75) is 46.1 Å². The molecule has 0 N–H and O–H groups in total. The van der Waals surface area contributed by atoms with Gasteiger partial charge in [0.05, 0.1) is 7.11 Å². The number of hydrogen-bond acceptors (Lipinski definition) is 2. The average Bonchev–Trinajstić information content (AvgIpc) is 2.46. The Morgan fingerprint density at radius 2 is 1.93 bits per heavy atom. The van der Waals surface area contributed by atoms with Crippen molar-refractivity contribution in [2.24, 2.45) is 5.41 Å². The summed E-state index contributed by atoms with van der Waals surface area (Å²) in [6.45, 7) is 9.49. The monoisotopic (exact) mass is 233 g/mol. The number of rotatable bonds is 0. The summed E-state index contributed by atoms with van der Waals surface area (Å²) in [5.41, 5.74) is 0.0256. The molecule has 1 rings (SSSR count). The van der Waals surface area contributed by atoms with Crippen LogP contribution in [0, 0.1) is 5.41 Å². The summed E-state index contributed by atoms with van der Waals surface area (Å²) in [6.07, 6.45) is 1.94. The van der Waals surface area contributed by atoms with E-state index < -0.39 is 0 Å². The predicted octanol–water partition coefficient (Wildman–Crippen LogP) is 2.77. The molecule has 0 aromatic heterocycles. The van der Waals surface area contributed by atoms with E-state index in [1.807, 2.05) is 4.90 Å². The Labute approximate surface area is 99.6 Å². The van der Waals surface area contributed by atoms with Crippen LogP contribution in [0.5, 0.6) is 0 Å². The van der Waals surface area contributed by atoms with Gasteiger partial charge >= 0.3 is 6.09 Å². The maximum Gasteiger partial charge on any atom is 0.409 e. The molecule has 0 aliphatic carbocycles. The fourth-order valence-corrected chi connectivity index (χ4v) is 2.15. The normalized spacial score (nSPS) is 26.1. The SMILES string of the molecule is COC(=O)N1CCC[C@@]1(C)C(C)(C)C.S. The van der Waals surface area contributed by atoms with Gasteiger partial charge in [0.25, 0.3) is 0 Å². The molecule has 1 aliphatic rings. The third kappa shape index (κ3) is 2.41. The van der Waals surface area contributed by atoms with E-state index >= 15 is 0 Å². The molecule has 1 atom stereocenters. The van der Waals surface area contributed by atoms with E-state index in [-0.39, 0.29) is 30.5 Å². The Kier molecular flexibility index (Phi) is 4.52. The largest absolute Gasteiger partial charge is 0.453 e. The van der Waals surface area contributed by atoms with E-state index in [0.29, 0.717) is 0 Å². The van der Waals surface area contributed by atoms with Gasteiger partial charge in [-0.1, -0.05) is 20.8 Å². The second-order valence-corrected chi connectivity index (χ2v) is 5.25. The molecule has 1 fully saturated rings. The maximum atomic E-state index is 11.6. The topological polar surface area (TPSA) is 29.5 Å². The van der Waals surface area contributed by atoms with Crippen LogP contribution in [0.15, 0.2) is 0 Å². The fraction of sp³-hybridized carbons (Fsp3) is 0.909. The minimum Gasteiger partial charge on any atom is -0.453 e. The van der Waals surface area contributed by atoms with E-state index in [2.05, 4.69) is 27.7 Å². The number of carbonyl (C=O) groups is 1. The number of methoxy groups -OCH3 is 1. The van der Waals surface area contributed by atoms with Gasteiger partial charge in [-0.15, -0.1) is 0 Å². The first-order valence-corrected chi connectivity index (χ1v) is 5.18. The summed E-state index contributed by atoms with van der Waals surface area (Å²) < 4.78 is 4.81. The Balaban J connectivity index is 0.00000196. The molecular formula is C11H23NO2S. The van der Waals surface area contributed by atoms with E-state index in [9.17, 15) is 4.79 Å². The second-order valence-electron chi connectivity index (χ2n) is 5.25. The van der Waals surface area contributed by atoms with Crippen LogP contribution in [0.1, 0.15) is 40.5 Å². The van der Waals surface area contributed by atoms with Crippen LogP contribution >= 0.6 is 13.5 Å². The average molecular weight is 233 g/mol. The van der Waals surface area contributed by atoms with Gasteiger partial charge in [-0.05, 0) is 25.2 Å². The highest BCUT2D eigenvalue weighted by molar-refractivity contribution is 7.59. The van der Waals surface area contributed by atoms with Crippen molar-refractivity contribution in [3.05, 3.63) is 0 Å². The van der Waals surface area contributed by atoms with Crippen LogP contribution < -0.4 is 0 Å². The van der Waals surface area contributed by atoms with E-state index in [4.69, 9.17) is 4.74 Å². The fourth-order valence-electron chi connectivity index (χ4n) is 2.15. The highest BCUT2D eigenvalue weighted by atomic mass is 32.1. The molecule has 1 aliphatic heterocycles. The van der Waals surface area contributed by atoms with Gasteiger partial charge in [-0.3, -0.25) is 0 Å². The lowest BCUT2D eigenvalue weighted by atomic mass is 9.73. The molecule has 0 aromatic rings. The van der Waals surface area contributed by atoms with Crippen molar-refractivity contribution in [3.8, 4) is 0 Å². The Hall–Kier alpha value is -0.380. The van der Waals surface area contributed by atoms with Crippen LogP contribution in [0.3, 0.4) is 0 Å². The highest BCUT2D eigenvalue weighted by Gasteiger charge is 2.48. The lowest BCUT2D eigenvalue weighted by Gasteiger charge is -2.44. The summed E-state index contributed by atoms with van der Waals surface area (Å²) in [7, 11) is 1.45. The predicted molar refractivity (Wildman–Crippen MR) is 66.6 cm³/mol. The quantitative estimate of drug-likeness (QED) is 0.644. The molecule has 0 aromatic carbocycles. The first-order valence-electron chi connectivity index (χ1n) is 5.18. The minimum atomic E-state index is -0.195. The lowest BCUT2D eigenvalue weighted by Crippen LogP contribution is -2.53. The molecular weight excluding hydrogens is 210 g/mol. The van der Waals surface area contributed by atoms with Crippen LogP contribution in [-0.2, 0) is 4.74 Å². The summed E-state index contributed by atoms with van der Waals surface area (Å²) >= 11 is 0. The molecule has 1 amide bonds. The molecule has 0 saturated carbocycles.